The van der Waals surface area contributed by atoms with E-state index in [0.717, 1.165) is 10.2 Å². The number of halogens is 2. The van der Waals surface area contributed by atoms with Crippen molar-refractivity contribution < 1.29 is 9.84 Å². The molecule has 0 heterocycles. The molecule has 0 aromatic heterocycles. The molecular formula is C12H17BrClNO2. The van der Waals surface area contributed by atoms with Gasteiger partial charge in [0.2, 0.25) is 0 Å². The average Bonchev–Trinajstić information content (AvgIpc) is 2.31. The third-order valence-electron chi connectivity index (χ3n) is 2.34. The largest absolute Gasteiger partial charge is 0.394 e. The lowest BCUT2D eigenvalue weighted by Crippen LogP contribution is -2.43. The smallest absolute Gasteiger partial charge is 0.0809 e. The first-order valence-electron chi connectivity index (χ1n) is 5.42. The van der Waals surface area contributed by atoms with Crippen LogP contribution in [0.1, 0.15) is 13.8 Å². The Bertz CT molecular complexity index is 376. The van der Waals surface area contributed by atoms with E-state index in [4.69, 9.17) is 16.3 Å². The zero-order valence-corrected chi connectivity index (χ0v) is 12.3. The van der Waals surface area contributed by atoms with Crippen molar-refractivity contribution in [3.05, 3.63) is 27.7 Å². The molecule has 0 saturated carbocycles. The zero-order valence-electron chi connectivity index (χ0n) is 9.96. The Morgan fingerprint density at radius 2 is 2.24 bits per heavy atom. The van der Waals surface area contributed by atoms with Crippen LogP contribution in [0.5, 0.6) is 0 Å². The monoisotopic (exact) mass is 321 g/mol. The molecular weight excluding hydrogens is 305 g/mol. The van der Waals surface area contributed by atoms with Crippen molar-refractivity contribution in [2.24, 2.45) is 0 Å². The molecule has 1 aromatic rings. The normalized spacial score (nSPS) is 14.4. The summed E-state index contributed by atoms with van der Waals surface area (Å²) >= 11 is 9.28. The van der Waals surface area contributed by atoms with Crippen LogP contribution in [0.15, 0.2) is 22.7 Å². The number of hydrogen-bond donors (Lipinski definition) is 2. The molecule has 0 fully saturated rings. The van der Waals surface area contributed by atoms with E-state index in [2.05, 4.69) is 21.2 Å². The van der Waals surface area contributed by atoms with Gasteiger partial charge in [0, 0.05) is 16.8 Å². The van der Waals surface area contributed by atoms with E-state index in [9.17, 15) is 5.11 Å². The van der Waals surface area contributed by atoms with Gasteiger partial charge >= 0.3 is 0 Å². The Hall–Kier alpha value is -0.290. The highest BCUT2D eigenvalue weighted by molar-refractivity contribution is 9.10. The van der Waals surface area contributed by atoms with Crippen LogP contribution in [0.25, 0.3) is 0 Å². The molecule has 0 bridgehead atoms. The number of anilines is 1. The molecule has 5 heteroatoms. The summed E-state index contributed by atoms with van der Waals surface area (Å²) in [5.41, 5.74) is 0.390. The first-order chi connectivity index (χ1) is 8.00. The SMILES string of the molecule is CCOCC(C)(CO)Nc1ccc(Cl)c(Br)c1. The maximum Gasteiger partial charge on any atom is 0.0809 e. The van der Waals surface area contributed by atoms with Gasteiger partial charge in [-0.3, -0.25) is 0 Å². The van der Waals surface area contributed by atoms with Gasteiger partial charge in [-0.1, -0.05) is 11.6 Å². The van der Waals surface area contributed by atoms with E-state index < -0.39 is 5.54 Å². The summed E-state index contributed by atoms with van der Waals surface area (Å²) in [4.78, 5) is 0. The van der Waals surface area contributed by atoms with Crippen molar-refractivity contribution in [2.45, 2.75) is 19.4 Å². The molecule has 0 spiro atoms. The molecule has 1 rings (SSSR count). The van der Waals surface area contributed by atoms with Crippen LogP contribution in [0, 0.1) is 0 Å². The number of ether oxygens (including phenoxy) is 1. The maximum atomic E-state index is 9.42. The highest BCUT2D eigenvalue weighted by Gasteiger charge is 2.23. The topological polar surface area (TPSA) is 41.5 Å². The highest BCUT2D eigenvalue weighted by Crippen LogP contribution is 2.27. The molecule has 0 radical (unpaired) electrons. The van der Waals surface area contributed by atoms with E-state index in [-0.39, 0.29) is 6.61 Å². The van der Waals surface area contributed by atoms with Gasteiger partial charge in [-0.05, 0) is 48.0 Å². The molecule has 0 amide bonds. The minimum Gasteiger partial charge on any atom is -0.394 e. The van der Waals surface area contributed by atoms with Gasteiger partial charge in [-0.2, -0.15) is 0 Å². The molecule has 0 aliphatic heterocycles. The van der Waals surface area contributed by atoms with E-state index in [0.29, 0.717) is 18.2 Å². The van der Waals surface area contributed by atoms with Crippen LogP contribution >= 0.6 is 27.5 Å². The summed E-state index contributed by atoms with van der Waals surface area (Å²) in [6.45, 7) is 4.90. The fourth-order valence-corrected chi connectivity index (χ4v) is 1.87. The lowest BCUT2D eigenvalue weighted by molar-refractivity contribution is 0.0797. The number of aliphatic hydroxyl groups excluding tert-OH is 1. The second-order valence-corrected chi connectivity index (χ2v) is 5.37. The van der Waals surface area contributed by atoms with Crippen molar-refractivity contribution in [1.82, 2.24) is 0 Å². The number of hydrogen-bond acceptors (Lipinski definition) is 3. The predicted molar refractivity (Wildman–Crippen MR) is 74.8 cm³/mol. The van der Waals surface area contributed by atoms with Crippen LogP contribution in [0.4, 0.5) is 5.69 Å². The fourth-order valence-electron chi connectivity index (χ4n) is 1.37. The Morgan fingerprint density at radius 3 is 2.76 bits per heavy atom. The number of rotatable bonds is 6. The summed E-state index contributed by atoms with van der Waals surface area (Å²) in [7, 11) is 0. The van der Waals surface area contributed by atoms with Crippen molar-refractivity contribution in [3.8, 4) is 0 Å². The Morgan fingerprint density at radius 1 is 1.53 bits per heavy atom. The summed E-state index contributed by atoms with van der Waals surface area (Å²) in [5.74, 6) is 0. The third kappa shape index (κ3) is 4.47. The third-order valence-corrected chi connectivity index (χ3v) is 3.55. The highest BCUT2D eigenvalue weighted by atomic mass is 79.9. The van der Waals surface area contributed by atoms with E-state index >= 15 is 0 Å². The van der Waals surface area contributed by atoms with Crippen LogP contribution < -0.4 is 5.32 Å². The van der Waals surface area contributed by atoms with Gasteiger partial charge in [0.15, 0.2) is 0 Å². The molecule has 1 unspecified atom stereocenters. The molecule has 1 aromatic carbocycles. The van der Waals surface area contributed by atoms with Crippen molar-refractivity contribution in [1.29, 1.82) is 0 Å². The second-order valence-electron chi connectivity index (χ2n) is 4.11. The Balaban J connectivity index is 2.76. The molecule has 0 aliphatic carbocycles. The van der Waals surface area contributed by atoms with Gasteiger partial charge < -0.3 is 15.2 Å². The summed E-state index contributed by atoms with van der Waals surface area (Å²) in [6, 6.07) is 5.54. The maximum absolute atomic E-state index is 9.42. The second kappa shape index (κ2) is 6.59. The zero-order chi connectivity index (χ0) is 12.9. The van der Waals surface area contributed by atoms with Gasteiger partial charge in [-0.15, -0.1) is 0 Å². The van der Waals surface area contributed by atoms with E-state index in [1.54, 1.807) is 6.07 Å². The number of benzene rings is 1. The van der Waals surface area contributed by atoms with Crippen molar-refractivity contribution >= 4 is 33.2 Å². The van der Waals surface area contributed by atoms with Gasteiger partial charge in [-0.25, -0.2) is 0 Å². The molecule has 3 nitrogen and oxygen atoms in total. The van der Waals surface area contributed by atoms with E-state index in [1.165, 1.54) is 0 Å². The molecule has 2 N–H and O–H groups in total. The van der Waals surface area contributed by atoms with Crippen molar-refractivity contribution in [2.75, 3.05) is 25.1 Å². The number of aliphatic hydroxyl groups is 1. The molecule has 17 heavy (non-hydrogen) atoms. The fraction of sp³-hybridized carbons (Fsp3) is 0.500. The standard InChI is InChI=1S/C12H17BrClNO2/c1-3-17-8-12(2,7-16)15-9-4-5-11(14)10(13)6-9/h4-6,15-16H,3,7-8H2,1-2H3. The quantitative estimate of drug-likeness (QED) is 0.844. The van der Waals surface area contributed by atoms with E-state index in [1.807, 2.05) is 26.0 Å². The minimum atomic E-state index is -0.497. The Kier molecular flexibility index (Phi) is 5.73. The minimum absolute atomic E-state index is 0.00670. The van der Waals surface area contributed by atoms with Crippen LogP contribution in [-0.4, -0.2) is 30.5 Å². The molecule has 0 saturated heterocycles. The lowest BCUT2D eigenvalue weighted by atomic mass is 10.0. The van der Waals surface area contributed by atoms with Crippen molar-refractivity contribution in [3.63, 3.8) is 0 Å². The predicted octanol–water partition coefficient (Wildman–Crippen LogP) is 3.30. The summed E-state index contributed by atoms with van der Waals surface area (Å²) in [5, 5.41) is 13.3. The van der Waals surface area contributed by atoms with Crippen LogP contribution in [-0.2, 0) is 4.74 Å². The average molecular weight is 323 g/mol. The Labute approximate surface area is 115 Å². The first kappa shape index (κ1) is 14.8. The van der Waals surface area contributed by atoms with Gasteiger partial charge in [0.1, 0.15) is 0 Å². The van der Waals surface area contributed by atoms with Gasteiger partial charge in [0.25, 0.3) is 0 Å². The van der Waals surface area contributed by atoms with Gasteiger partial charge in [0.05, 0.1) is 23.8 Å². The summed E-state index contributed by atoms with van der Waals surface area (Å²) in [6.07, 6.45) is 0. The first-order valence-corrected chi connectivity index (χ1v) is 6.59. The summed E-state index contributed by atoms with van der Waals surface area (Å²) < 4.78 is 6.18. The number of nitrogens with one attached hydrogen (secondary N) is 1. The molecule has 0 aliphatic rings. The lowest BCUT2D eigenvalue weighted by Gasteiger charge is -2.29. The van der Waals surface area contributed by atoms with Crippen LogP contribution in [0.2, 0.25) is 5.02 Å². The van der Waals surface area contributed by atoms with Crippen LogP contribution in [0.3, 0.4) is 0 Å². The molecule has 96 valence electrons. The molecule has 1 atom stereocenters.